The first-order chi connectivity index (χ1) is 9.74. The lowest BCUT2D eigenvalue weighted by Gasteiger charge is -2.19. The monoisotopic (exact) mass is 322 g/mol. The van der Waals surface area contributed by atoms with Crippen LogP contribution in [0.4, 0.5) is 13.2 Å². The first-order valence-corrected chi connectivity index (χ1v) is 7.72. The van der Waals surface area contributed by atoms with Crippen molar-refractivity contribution in [3.8, 4) is 0 Å². The van der Waals surface area contributed by atoms with Crippen molar-refractivity contribution in [2.45, 2.75) is 50.7 Å². The van der Waals surface area contributed by atoms with Crippen LogP contribution >= 0.6 is 0 Å². The first-order valence-electron chi connectivity index (χ1n) is 6.91. The van der Waals surface area contributed by atoms with Crippen molar-refractivity contribution in [3.63, 3.8) is 0 Å². The Balaban J connectivity index is 2.28. The van der Waals surface area contributed by atoms with Crippen molar-refractivity contribution in [2.24, 2.45) is 0 Å². The number of unbranched alkanes of at least 4 members (excludes halogenated alkanes) is 3. The fourth-order valence-corrected chi connectivity index (χ4v) is 2.25. The number of aliphatic hydroxyl groups is 2. The molecule has 0 aliphatic carbocycles. The highest BCUT2D eigenvalue weighted by atomic mass is 28.2. The van der Waals surface area contributed by atoms with E-state index in [1.54, 1.807) is 6.07 Å². The van der Waals surface area contributed by atoms with Gasteiger partial charge in [-0.2, -0.15) is 13.2 Å². The fraction of sp³-hybridized carbons (Fsp3) is 0.571. The van der Waals surface area contributed by atoms with Crippen LogP contribution < -0.4 is 0 Å². The number of benzene rings is 1. The Morgan fingerprint density at radius 3 is 2.33 bits per heavy atom. The van der Waals surface area contributed by atoms with Gasteiger partial charge in [-0.25, -0.2) is 0 Å². The summed E-state index contributed by atoms with van der Waals surface area (Å²) in [6.07, 6.45) is -0.569. The molecule has 0 spiro atoms. The van der Waals surface area contributed by atoms with E-state index < -0.39 is 17.7 Å². The predicted molar refractivity (Wildman–Crippen MR) is 76.4 cm³/mol. The predicted octanol–water partition coefficient (Wildman–Crippen LogP) is 2.13. The number of rotatable bonds is 8. The highest BCUT2D eigenvalue weighted by molar-refractivity contribution is 5.98. The Morgan fingerprint density at radius 1 is 1.05 bits per heavy atom. The highest BCUT2D eigenvalue weighted by Crippen LogP contribution is 2.29. The standard InChI is InChI=1S/C14H21F3O3Si/c15-14(16,17)12-8-5-7-11(10-12)6-3-1-2-4-9-13(18,19)20-21/h5,7-8,10,18-19H,1-4,6,9H2,21H3. The molecule has 0 amide bonds. The smallest absolute Gasteiger partial charge is 0.381 e. The minimum absolute atomic E-state index is 0.153. The Bertz CT molecular complexity index is 436. The second-order valence-corrected chi connectivity index (χ2v) is 5.47. The molecule has 0 aliphatic heterocycles. The average molecular weight is 322 g/mol. The van der Waals surface area contributed by atoms with Crippen molar-refractivity contribution in [2.75, 3.05) is 0 Å². The van der Waals surface area contributed by atoms with Crippen molar-refractivity contribution in [1.82, 2.24) is 0 Å². The molecule has 0 heterocycles. The molecular weight excluding hydrogens is 301 g/mol. The third-order valence-corrected chi connectivity index (χ3v) is 3.95. The van der Waals surface area contributed by atoms with Crippen LogP contribution in [0.3, 0.4) is 0 Å². The maximum atomic E-state index is 12.5. The second-order valence-electron chi connectivity index (χ2n) is 5.06. The van der Waals surface area contributed by atoms with Crippen LogP contribution in [0.5, 0.6) is 0 Å². The summed E-state index contributed by atoms with van der Waals surface area (Å²) in [6, 6.07) is 5.37. The van der Waals surface area contributed by atoms with Gasteiger partial charge in [-0.3, -0.25) is 0 Å². The van der Waals surface area contributed by atoms with Crippen molar-refractivity contribution in [3.05, 3.63) is 35.4 Å². The third-order valence-electron chi connectivity index (χ3n) is 3.30. The van der Waals surface area contributed by atoms with E-state index >= 15 is 0 Å². The molecule has 21 heavy (non-hydrogen) atoms. The van der Waals surface area contributed by atoms with Crippen LogP contribution in [-0.4, -0.2) is 26.7 Å². The van der Waals surface area contributed by atoms with Crippen LogP contribution in [0.15, 0.2) is 24.3 Å². The summed E-state index contributed by atoms with van der Waals surface area (Å²) >= 11 is 0. The van der Waals surface area contributed by atoms with Gasteiger partial charge >= 0.3 is 6.18 Å². The summed E-state index contributed by atoms with van der Waals surface area (Å²) in [4.78, 5) is 0. The normalized spacial score (nSPS) is 12.8. The lowest BCUT2D eigenvalue weighted by atomic mass is 10.0. The van der Waals surface area contributed by atoms with Crippen LogP contribution in [0.2, 0.25) is 0 Å². The van der Waals surface area contributed by atoms with Gasteiger partial charge in [0.05, 0.1) is 5.56 Å². The molecule has 0 atom stereocenters. The van der Waals surface area contributed by atoms with Crippen molar-refractivity contribution in [1.29, 1.82) is 0 Å². The van der Waals surface area contributed by atoms with E-state index in [1.807, 2.05) is 0 Å². The van der Waals surface area contributed by atoms with Gasteiger partial charge in [-0.1, -0.05) is 31.0 Å². The summed E-state index contributed by atoms with van der Waals surface area (Å²) in [7, 11) is 0.254. The Hall–Kier alpha value is -0.893. The zero-order valence-electron chi connectivity index (χ0n) is 12.0. The molecule has 2 N–H and O–H groups in total. The molecule has 0 bridgehead atoms. The number of hydrogen-bond donors (Lipinski definition) is 2. The van der Waals surface area contributed by atoms with Gasteiger partial charge in [-0.05, 0) is 30.9 Å². The van der Waals surface area contributed by atoms with Gasteiger partial charge in [-0.15, -0.1) is 0 Å². The van der Waals surface area contributed by atoms with E-state index in [2.05, 4.69) is 4.43 Å². The largest absolute Gasteiger partial charge is 0.416 e. The van der Waals surface area contributed by atoms with Crippen molar-refractivity contribution < 1.29 is 27.8 Å². The molecule has 0 aromatic heterocycles. The van der Waals surface area contributed by atoms with Gasteiger partial charge < -0.3 is 14.6 Å². The Kier molecular flexibility index (Phi) is 6.86. The summed E-state index contributed by atoms with van der Waals surface area (Å²) in [5.74, 6) is -2.02. The fourth-order valence-electron chi connectivity index (χ4n) is 2.04. The number of aryl methyl sites for hydroxylation is 1. The second kappa shape index (κ2) is 7.93. The van der Waals surface area contributed by atoms with E-state index in [4.69, 9.17) is 0 Å². The Labute approximate surface area is 125 Å². The zero-order chi connectivity index (χ0) is 15.9. The first kappa shape index (κ1) is 18.2. The van der Waals surface area contributed by atoms with E-state index in [9.17, 15) is 23.4 Å². The number of alkyl halides is 3. The van der Waals surface area contributed by atoms with Crippen LogP contribution in [0.1, 0.15) is 43.2 Å². The van der Waals surface area contributed by atoms with Gasteiger partial charge in [0, 0.05) is 6.42 Å². The average Bonchev–Trinajstić information content (AvgIpc) is 2.42. The molecular formula is C14H21F3O3Si. The minimum Gasteiger partial charge on any atom is -0.381 e. The third kappa shape index (κ3) is 7.08. The van der Waals surface area contributed by atoms with Crippen LogP contribution in [0, 0.1) is 0 Å². The summed E-state index contributed by atoms with van der Waals surface area (Å²) < 4.78 is 42.2. The lowest BCUT2D eigenvalue weighted by Crippen LogP contribution is -2.30. The molecule has 0 unspecified atom stereocenters. The van der Waals surface area contributed by atoms with E-state index in [0.29, 0.717) is 18.4 Å². The van der Waals surface area contributed by atoms with Crippen LogP contribution in [-0.2, 0) is 17.0 Å². The quantitative estimate of drug-likeness (QED) is 0.438. The highest BCUT2D eigenvalue weighted by Gasteiger charge is 2.30. The summed E-state index contributed by atoms with van der Waals surface area (Å²) in [5.41, 5.74) is 0.0565. The number of halogens is 3. The van der Waals surface area contributed by atoms with Crippen molar-refractivity contribution >= 4 is 10.5 Å². The summed E-state index contributed by atoms with van der Waals surface area (Å²) in [6.45, 7) is 0. The molecule has 0 saturated heterocycles. The molecule has 120 valence electrons. The SMILES string of the molecule is OC(O)(CCCCCCc1cccc(C(F)(F)F)c1)O[SiH3]. The van der Waals surface area contributed by atoms with Gasteiger partial charge in [0.1, 0.15) is 0 Å². The molecule has 1 aromatic carbocycles. The Morgan fingerprint density at radius 2 is 1.71 bits per heavy atom. The zero-order valence-corrected chi connectivity index (χ0v) is 14.0. The summed E-state index contributed by atoms with van der Waals surface area (Å²) in [5, 5.41) is 18.5. The maximum Gasteiger partial charge on any atom is 0.416 e. The molecule has 0 aliphatic rings. The van der Waals surface area contributed by atoms with E-state index in [0.717, 1.165) is 25.3 Å². The molecule has 0 fully saturated rings. The molecule has 1 aromatic rings. The van der Waals surface area contributed by atoms with Crippen LogP contribution in [0.25, 0.3) is 0 Å². The molecule has 7 heteroatoms. The molecule has 0 saturated carbocycles. The lowest BCUT2D eigenvalue weighted by molar-refractivity contribution is -0.295. The van der Waals surface area contributed by atoms with Gasteiger partial charge in [0.2, 0.25) is 0 Å². The van der Waals surface area contributed by atoms with Gasteiger partial charge in [0.25, 0.3) is 5.97 Å². The maximum absolute atomic E-state index is 12.5. The number of hydrogen-bond acceptors (Lipinski definition) is 3. The molecule has 1 rings (SSSR count). The molecule has 3 nitrogen and oxygen atoms in total. The minimum atomic E-state index is -4.30. The van der Waals surface area contributed by atoms with E-state index in [1.165, 1.54) is 12.1 Å². The van der Waals surface area contributed by atoms with Gasteiger partial charge in [0.15, 0.2) is 10.5 Å². The topological polar surface area (TPSA) is 49.7 Å². The van der Waals surface area contributed by atoms with E-state index in [-0.39, 0.29) is 16.9 Å². The molecule has 0 radical (unpaired) electrons.